The smallest absolute Gasteiger partial charge is 0.417 e. The molecule has 0 atom stereocenters. The van der Waals surface area contributed by atoms with Crippen LogP contribution < -0.4 is 4.74 Å². The molecule has 0 aromatic carbocycles. The monoisotopic (exact) mass is 345 g/mol. The molecule has 4 fully saturated rings. The molecule has 1 aromatic heterocycles. The molecule has 4 aliphatic rings. The van der Waals surface area contributed by atoms with E-state index >= 15 is 0 Å². The van der Waals surface area contributed by atoms with Crippen LogP contribution in [0.1, 0.15) is 44.1 Å². The zero-order valence-corrected chi connectivity index (χ0v) is 13.5. The van der Waals surface area contributed by atoms with E-state index in [2.05, 4.69) is 4.98 Å². The quantitative estimate of drug-likeness (QED) is 0.736. The van der Waals surface area contributed by atoms with Crippen LogP contribution in [0.2, 0.25) is 5.02 Å². The fraction of sp³-hybridized carbons (Fsp3) is 0.706. The molecule has 0 spiro atoms. The molecule has 5 rings (SSSR count). The summed E-state index contributed by atoms with van der Waals surface area (Å²) in [6, 6.07) is 0.892. The molecule has 0 aliphatic heterocycles. The van der Waals surface area contributed by atoms with Crippen LogP contribution in [-0.2, 0) is 6.18 Å². The molecule has 6 heteroatoms. The molecule has 0 amide bonds. The Bertz CT molecular complexity index is 581. The van der Waals surface area contributed by atoms with Crippen LogP contribution in [0.4, 0.5) is 13.2 Å². The molecule has 0 N–H and O–H groups in total. The Hall–Kier alpha value is -0.970. The molecule has 1 heterocycles. The summed E-state index contributed by atoms with van der Waals surface area (Å²) in [7, 11) is 0. The van der Waals surface area contributed by atoms with Crippen LogP contribution in [0.25, 0.3) is 0 Å². The van der Waals surface area contributed by atoms with Gasteiger partial charge < -0.3 is 4.74 Å². The summed E-state index contributed by atoms with van der Waals surface area (Å²) in [5.74, 6) is 2.54. The van der Waals surface area contributed by atoms with Crippen molar-refractivity contribution >= 4 is 11.6 Å². The van der Waals surface area contributed by atoms with Crippen LogP contribution >= 0.6 is 11.6 Å². The SMILES string of the molecule is FC(F)(F)c1cnc(OCC23CC4CC(CC(C4)C2)C3)c(Cl)c1. The average molecular weight is 346 g/mol. The summed E-state index contributed by atoms with van der Waals surface area (Å²) in [5, 5.41) is -0.0652. The van der Waals surface area contributed by atoms with Crippen molar-refractivity contribution in [3.63, 3.8) is 0 Å². The van der Waals surface area contributed by atoms with Crippen molar-refractivity contribution in [1.29, 1.82) is 0 Å². The number of hydrogen-bond acceptors (Lipinski definition) is 2. The summed E-state index contributed by atoms with van der Waals surface area (Å²) >= 11 is 5.93. The number of aromatic nitrogens is 1. The Morgan fingerprint density at radius 3 is 2.17 bits per heavy atom. The van der Waals surface area contributed by atoms with E-state index in [1.165, 1.54) is 38.5 Å². The lowest BCUT2D eigenvalue weighted by Gasteiger charge is -2.56. The first-order valence-electron chi connectivity index (χ1n) is 8.19. The number of rotatable bonds is 3. The Balaban J connectivity index is 1.47. The highest BCUT2D eigenvalue weighted by molar-refractivity contribution is 6.31. The first-order valence-corrected chi connectivity index (χ1v) is 8.56. The maximum absolute atomic E-state index is 12.7. The van der Waals surface area contributed by atoms with Crippen molar-refractivity contribution in [1.82, 2.24) is 4.98 Å². The summed E-state index contributed by atoms with van der Waals surface area (Å²) in [4.78, 5) is 3.79. The highest BCUT2D eigenvalue weighted by atomic mass is 35.5. The fourth-order valence-electron chi connectivity index (χ4n) is 5.37. The van der Waals surface area contributed by atoms with Gasteiger partial charge in [-0.1, -0.05) is 11.6 Å². The first kappa shape index (κ1) is 15.6. The van der Waals surface area contributed by atoms with Crippen LogP contribution in [-0.4, -0.2) is 11.6 Å². The third kappa shape index (κ3) is 2.92. The molecule has 4 saturated carbocycles. The minimum absolute atomic E-state index is 0.0652. The predicted octanol–water partition coefficient (Wildman–Crippen LogP) is 5.35. The van der Waals surface area contributed by atoms with Gasteiger partial charge in [-0.05, 0) is 62.3 Å². The first-order chi connectivity index (χ1) is 10.8. The highest BCUT2D eigenvalue weighted by Crippen LogP contribution is 2.60. The molecule has 0 radical (unpaired) electrons. The number of hydrogen-bond donors (Lipinski definition) is 0. The molecule has 4 bridgehead atoms. The van der Waals surface area contributed by atoms with Crippen LogP contribution in [0.5, 0.6) is 5.88 Å². The third-order valence-electron chi connectivity index (χ3n) is 5.81. The second kappa shape index (κ2) is 5.27. The second-order valence-electron chi connectivity index (χ2n) is 7.71. The van der Waals surface area contributed by atoms with Crippen LogP contribution in [0, 0.1) is 23.2 Å². The molecule has 126 valence electrons. The third-order valence-corrected chi connectivity index (χ3v) is 6.09. The van der Waals surface area contributed by atoms with E-state index in [1.54, 1.807) is 0 Å². The molecule has 0 unspecified atom stereocenters. The lowest BCUT2D eigenvalue weighted by molar-refractivity contribution is -0.137. The molecule has 4 aliphatic carbocycles. The standard InChI is InChI=1S/C17H19ClF3NO/c18-14-4-13(17(19,20)21)8-22-15(14)23-9-16-5-10-1-11(6-16)3-12(2-10)7-16/h4,8,10-12H,1-3,5-7,9H2. The van der Waals surface area contributed by atoms with Crippen LogP contribution in [0.15, 0.2) is 12.3 Å². The van der Waals surface area contributed by atoms with E-state index in [-0.39, 0.29) is 16.3 Å². The topological polar surface area (TPSA) is 22.1 Å². The summed E-state index contributed by atoms with van der Waals surface area (Å²) < 4.78 is 43.7. The Labute approximate surface area is 138 Å². The largest absolute Gasteiger partial charge is 0.476 e. The Morgan fingerprint density at radius 2 is 1.70 bits per heavy atom. The average Bonchev–Trinajstić information content (AvgIpc) is 2.43. The van der Waals surface area contributed by atoms with Gasteiger partial charge in [-0.3, -0.25) is 0 Å². The second-order valence-corrected chi connectivity index (χ2v) is 8.12. The van der Waals surface area contributed by atoms with E-state index in [4.69, 9.17) is 16.3 Å². The van der Waals surface area contributed by atoms with Gasteiger partial charge in [0.25, 0.3) is 0 Å². The van der Waals surface area contributed by atoms with Crippen molar-refractivity contribution in [2.45, 2.75) is 44.7 Å². The normalized spacial score (nSPS) is 35.6. The van der Waals surface area contributed by atoms with Crippen LogP contribution in [0.3, 0.4) is 0 Å². The van der Waals surface area contributed by atoms with Crippen molar-refractivity contribution < 1.29 is 17.9 Å². The van der Waals surface area contributed by atoms with Gasteiger partial charge in [-0.25, -0.2) is 4.98 Å². The molecule has 2 nitrogen and oxygen atoms in total. The van der Waals surface area contributed by atoms with Crippen molar-refractivity contribution in [3.05, 3.63) is 22.8 Å². The van der Waals surface area contributed by atoms with Gasteiger partial charge in [0.1, 0.15) is 5.02 Å². The molecule has 1 aromatic rings. The maximum atomic E-state index is 12.7. The molecule has 23 heavy (non-hydrogen) atoms. The molecule has 0 saturated heterocycles. The van der Waals surface area contributed by atoms with Gasteiger partial charge in [-0.15, -0.1) is 0 Å². The number of alkyl halides is 3. The van der Waals surface area contributed by atoms with E-state index in [0.29, 0.717) is 6.61 Å². The van der Waals surface area contributed by atoms with Gasteiger partial charge in [0, 0.05) is 11.6 Å². The Kier molecular flexibility index (Phi) is 3.56. The Morgan fingerprint density at radius 1 is 1.13 bits per heavy atom. The molecular weight excluding hydrogens is 327 g/mol. The minimum atomic E-state index is -4.44. The highest BCUT2D eigenvalue weighted by Gasteiger charge is 2.51. The number of ether oxygens (including phenoxy) is 1. The molecular formula is C17H19ClF3NO. The summed E-state index contributed by atoms with van der Waals surface area (Å²) in [6.45, 7) is 0.522. The van der Waals surface area contributed by atoms with E-state index in [0.717, 1.165) is 30.0 Å². The van der Waals surface area contributed by atoms with Crippen molar-refractivity contribution in [3.8, 4) is 5.88 Å². The van der Waals surface area contributed by atoms with Gasteiger partial charge in [-0.2, -0.15) is 13.2 Å². The summed E-state index contributed by atoms with van der Waals surface area (Å²) in [5.41, 5.74) is -0.660. The van der Waals surface area contributed by atoms with E-state index < -0.39 is 11.7 Å². The fourth-order valence-corrected chi connectivity index (χ4v) is 5.60. The van der Waals surface area contributed by atoms with Crippen molar-refractivity contribution in [2.24, 2.45) is 23.2 Å². The van der Waals surface area contributed by atoms with E-state index in [1.807, 2.05) is 0 Å². The van der Waals surface area contributed by atoms with Gasteiger partial charge >= 0.3 is 6.18 Å². The van der Waals surface area contributed by atoms with Crippen molar-refractivity contribution in [2.75, 3.05) is 6.61 Å². The summed E-state index contributed by atoms with van der Waals surface area (Å²) in [6.07, 6.45) is 3.93. The van der Waals surface area contributed by atoms with Gasteiger partial charge in [0.15, 0.2) is 0 Å². The zero-order valence-electron chi connectivity index (χ0n) is 12.7. The number of nitrogens with zero attached hydrogens (tertiary/aromatic N) is 1. The van der Waals surface area contributed by atoms with E-state index in [9.17, 15) is 13.2 Å². The predicted molar refractivity (Wildman–Crippen MR) is 80.3 cm³/mol. The maximum Gasteiger partial charge on any atom is 0.417 e. The number of halogens is 4. The lowest BCUT2D eigenvalue weighted by atomic mass is 9.50. The van der Waals surface area contributed by atoms with Gasteiger partial charge in [0.2, 0.25) is 5.88 Å². The lowest BCUT2D eigenvalue weighted by Crippen LogP contribution is -2.48. The van der Waals surface area contributed by atoms with Gasteiger partial charge in [0.05, 0.1) is 12.2 Å². The zero-order chi connectivity index (χ0) is 16.2. The minimum Gasteiger partial charge on any atom is -0.476 e. The number of pyridine rings is 1.